The molecule has 0 aliphatic rings. The SMILES string of the molecule is CCCC(C)CC(Cn1cnc2ccccc21)NCC. The van der Waals surface area contributed by atoms with Crippen LogP contribution in [0.2, 0.25) is 0 Å². The Morgan fingerprint density at radius 1 is 1.25 bits per heavy atom. The van der Waals surface area contributed by atoms with Crippen LogP contribution in [0.5, 0.6) is 0 Å². The quantitative estimate of drug-likeness (QED) is 0.792. The molecule has 2 unspecified atom stereocenters. The minimum atomic E-state index is 0.527. The van der Waals surface area contributed by atoms with Crippen molar-refractivity contribution in [1.82, 2.24) is 14.9 Å². The number of hydrogen-bond acceptors (Lipinski definition) is 2. The number of imidazole rings is 1. The van der Waals surface area contributed by atoms with Crippen molar-refractivity contribution in [2.45, 2.75) is 52.6 Å². The average molecular weight is 273 g/mol. The largest absolute Gasteiger partial charge is 0.329 e. The molecular weight excluding hydrogens is 246 g/mol. The number of nitrogens with one attached hydrogen (secondary N) is 1. The molecule has 2 rings (SSSR count). The molecule has 20 heavy (non-hydrogen) atoms. The van der Waals surface area contributed by atoms with Gasteiger partial charge in [0.15, 0.2) is 0 Å². The summed E-state index contributed by atoms with van der Waals surface area (Å²) < 4.78 is 2.28. The number of fused-ring (bicyclic) bond motifs is 1. The minimum absolute atomic E-state index is 0.527. The lowest BCUT2D eigenvalue weighted by molar-refractivity contribution is 0.358. The molecule has 1 aromatic carbocycles. The number of para-hydroxylation sites is 2. The summed E-state index contributed by atoms with van der Waals surface area (Å²) in [4.78, 5) is 4.48. The third-order valence-electron chi connectivity index (χ3n) is 3.91. The van der Waals surface area contributed by atoms with E-state index in [1.807, 2.05) is 12.4 Å². The number of benzene rings is 1. The van der Waals surface area contributed by atoms with Crippen LogP contribution in [-0.4, -0.2) is 22.1 Å². The van der Waals surface area contributed by atoms with Crippen molar-refractivity contribution in [1.29, 1.82) is 0 Å². The van der Waals surface area contributed by atoms with Gasteiger partial charge in [0.1, 0.15) is 0 Å². The average Bonchev–Trinajstić information content (AvgIpc) is 2.83. The molecule has 1 N–H and O–H groups in total. The number of nitrogens with zero attached hydrogens (tertiary/aromatic N) is 2. The highest BCUT2D eigenvalue weighted by Crippen LogP contribution is 2.17. The molecule has 0 spiro atoms. The number of rotatable bonds is 8. The zero-order valence-electron chi connectivity index (χ0n) is 13.0. The van der Waals surface area contributed by atoms with Crippen LogP contribution in [0.3, 0.4) is 0 Å². The Hall–Kier alpha value is -1.35. The Kier molecular flexibility index (Phi) is 5.60. The van der Waals surface area contributed by atoms with Crippen LogP contribution in [0, 0.1) is 5.92 Å². The first-order valence-electron chi connectivity index (χ1n) is 7.87. The predicted molar refractivity (Wildman–Crippen MR) is 85.9 cm³/mol. The van der Waals surface area contributed by atoms with Gasteiger partial charge in [-0.1, -0.05) is 45.7 Å². The van der Waals surface area contributed by atoms with Crippen molar-refractivity contribution in [2.75, 3.05) is 6.54 Å². The van der Waals surface area contributed by atoms with E-state index in [-0.39, 0.29) is 0 Å². The first kappa shape index (κ1) is 15.0. The van der Waals surface area contributed by atoms with Gasteiger partial charge in [0.25, 0.3) is 0 Å². The van der Waals surface area contributed by atoms with Gasteiger partial charge in [-0.2, -0.15) is 0 Å². The summed E-state index contributed by atoms with van der Waals surface area (Å²) in [6.07, 6.45) is 5.79. The molecule has 0 saturated heterocycles. The van der Waals surface area contributed by atoms with E-state index < -0.39 is 0 Å². The van der Waals surface area contributed by atoms with E-state index >= 15 is 0 Å². The maximum Gasteiger partial charge on any atom is 0.0958 e. The second kappa shape index (κ2) is 7.44. The fraction of sp³-hybridized carbons (Fsp3) is 0.588. The summed E-state index contributed by atoms with van der Waals surface area (Å²) in [5, 5.41) is 3.63. The van der Waals surface area contributed by atoms with Crippen LogP contribution in [0.25, 0.3) is 11.0 Å². The fourth-order valence-corrected chi connectivity index (χ4v) is 3.00. The van der Waals surface area contributed by atoms with Crippen molar-refractivity contribution in [3.8, 4) is 0 Å². The van der Waals surface area contributed by atoms with Crippen LogP contribution in [-0.2, 0) is 6.54 Å². The molecule has 0 saturated carbocycles. The Balaban J connectivity index is 2.07. The standard InChI is InChI=1S/C17H27N3/c1-4-8-14(3)11-15(18-5-2)12-20-13-19-16-9-6-7-10-17(16)20/h6-7,9-10,13-15,18H,4-5,8,11-12H2,1-3H3. The lowest BCUT2D eigenvalue weighted by Gasteiger charge is -2.22. The molecule has 0 radical (unpaired) electrons. The second-order valence-electron chi connectivity index (χ2n) is 5.77. The molecule has 1 aromatic heterocycles. The monoisotopic (exact) mass is 273 g/mol. The number of likely N-dealkylation sites (N-methyl/N-ethyl adjacent to an activating group) is 1. The van der Waals surface area contributed by atoms with Gasteiger partial charge in [-0.15, -0.1) is 0 Å². The summed E-state index contributed by atoms with van der Waals surface area (Å²) in [5.74, 6) is 0.777. The van der Waals surface area contributed by atoms with Crippen LogP contribution in [0.1, 0.15) is 40.0 Å². The van der Waals surface area contributed by atoms with Gasteiger partial charge in [-0.05, 0) is 31.0 Å². The molecule has 3 nitrogen and oxygen atoms in total. The molecule has 0 aliphatic carbocycles. The van der Waals surface area contributed by atoms with E-state index in [1.165, 1.54) is 24.8 Å². The summed E-state index contributed by atoms with van der Waals surface area (Å²) in [6, 6.07) is 8.89. The van der Waals surface area contributed by atoms with Gasteiger partial charge in [-0.3, -0.25) is 0 Å². The van der Waals surface area contributed by atoms with E-state index in [0.29, 0.717) is 6.04 Å². The lowest BCUT2D eigenvalue weighted by Crippen LogP contribution is -2.34. The number of hydrogen-bond donors (Lipinski definition) is 1. The zero-order chi connectivity index (χ0) is 14.4. The first-order chi connectivity index (χ1) is 9.74. The molecule has 0 bridgehead atoms. The van der Waals surface area contributed by atoms with Crippen molar-refractivity contribution >= 4 is 11.0 Å². The maximum absolute atomic E-state index is 4.48. The molecule has 0 fully saturated rings. The molecule has 3 heteroatoms. The second-order valence-corrected chi connectivity index (χ2v) is 5.77. The van der Waals surface area contributed by atoms with Crippen LogP contribution in [0.15, 0.2) is 30.6 Å². The van der Waals surface area contributed by atoms with Gasteiger partial charge < -0.3 is 9.88 Å². The lowest BCUT2D eigenvalue weighted by atomic mass is 9.97. The van der Waals surface area contributed by atoms with Gasteiger partial charge in [-0.25, -0.2) is 4.98 Å². The Labute approximate surface area is 122 Å². The summed E-state index contributed by atoms with van der Waals surface area (Å²) >= 11 is 0. The summed E-state index contributed by atoms with van der Waals surface area (Å²) in [7, 11) is 0. The van der Waals surface area contributed by atoms with Crippen LogP contribution >= 0.6 is 0 Å². The zero-order valence-corrected chi connectivity index (χ0v) is 13.0. The van der Waals surface area contributed by atoms with Crippen molar-refractivity contribution in [3.63, 3.8) is 0 Å². The van der Waals surface area contributed by atoms with Crippen LogP contribution < -0.4 is 5.32 Å². The van der Waals surface area contributed by atoms with E-state index in [1.54, 1.807) is 0 Å². The molecule has 2 atom stereocenters. The normalized spacial score (nSPS) is 14.6. The maximum atomic E-state index is 4.48. The van der Waals surface area contributed by atoms with Gasteiger partial charge in [0.05, 0.1) is 17.4 Å². The highest BCUT2D eigenvalue weighted by molar-refractivity contribution is 5.74. The molecular formula is C17H27N3. The molecule has 0 amide bonds. The molecule has 1 heterocycles. The molecule has 110 valence electrons. The minimum Gasteiger partial charge on any atom is -0.329 e. The summed E-state index contributed by atoms with van der Waals surface area (Å²) in [5.41, 5.74) is 2.32. The van der Waals surface area contributed by atoms with Crippen molar-refractivity contribution in [2.24, 2.45) is 5.92 Å². The van der Waals surface area contributed by atoms with E-state index in [2.05, 4.69) is 53.8 Å². The van der Waals surface area contributed by atoms with Gasteiger partial charge >= 0.3 is 0 Å². The third-order valence-corrected chi connectivity index (χ3v) is 3.91. The topological polar surface area (TPSA) is 29.9 Å². The predicted octanol–water partition coefficient (Wildman–Crippen LogP) is 3.84. The number of aromatic nitrogens is 2. The van der Waals surface area contributed by atoms with Crippen LogP contribution in [0.4, 0.5) is 0 Å². The third kappa shape index (κ3) is 3.83. The van der Waals surface area contributed by atoms with Gasteiger partial charge in [0, 0.05) is 12.6 Å². The van der Waals surface area contributed by atoms with Crippen molar-refractivity contribution < 1.29 is 0 Å². The van der Waals surface area contributed by atoms with E-state index in [9.17, 15) is 0 Å². The molecule has 0 aliphatic heterocycles. The highest BCUT2D eigenvalue weighted by Gasteiger charge is 2.13. The van der Waals surface area contributed by atoms with E-state index in [0.717, 1.165) is 24.5 Å². The molecule has 2 aromatic rings. The van der Waals surface area contributed by atoms with Crippen molar-refractivity contribution in [3.05, 3.63) is 30.6 Å². The first-order valence-corrected chi connectivity index (χ1v) is 7.87. The van der Waals surface area contributed by atoms with E-state index in [4.69, 9.17) is 0 Å². The Morgan fingerprint density at radius 3 is 2.80 bits per heavy atom. The van der Waals surface area contributed by atoms with Gasteiger partial charge in [0.2, 0.25) is 0 Å². The smallest absolute Gasteiger partial charge is 0.0958 e. The summed E-state index contributed by atoms with van der Waals surface area (Å²) in [6.45, 7) is 8.84. The Bertz CT molecular complexity index is 518. The fourth-order valence-electron chi connectivity index (χ4n) is 3.00. The Morgan fingerprint density at radius 2 is 2.05 bits per heavy atom. The highest BCUT2D eigenvalue weighted by atomic mass is 15.1.